The van der Waals surface area contributed by atoms with Gasteiger partial charge in [0, 0.05) is 27.6 Å². The van der Waals surface area contributed by atoms with Crippen LogP contribution in [-0.2, 0) is 30.4 Å². The molecule has 0 fully saturated rings. The topological polar surface area (TPSA) is 271 Å². The summed E-state index contributed by atoms with van der Waals surface area (Å²) < 4.78 is 99.1. The molecule has 0 aromatic heterocycles. The minimum absolute atomic E-state index is 0.0890. The monoisotopic (exact) mass is 762 g/mol. The number of azo groups is 1. The Labute approximate surface area is 292 Å². The lowest BCUT2D eigenvalue weighted by molar-refractivity contribution is 0.481. The van der Waals surface area contributed by atoms with Gasteiger partial charge < -0.3 is 0 Å². The minimum atomic E-state index is -4.61. The van der Waals surface area contributed by atoms with Gasteiger partial charge in [-0.1, -0.05) is 48.5 Å². The highest BCUT2D eigenvalue weighted by molar-refractivity contribution is 7.86. The van der Waals surface area contributed by atoms with Crippen LogP contribution in [0.2, 0.25) is 0 Å². The van der Waals surface area contributed by atoms with Gasteiger partial charge in [-0.15, -0.1) is 10.2 Å². The van der Waals surface area contributed by atoms with E-state index >= 15 is 0 Å². The highest BCUT2D eigenvalue weighted by Crippen LogP contribution is 2.32. The van der Waals surface area contributed by atoms with Gasteiger partial charge in [-0.05, 0) is 48.5 Å². The lowest BCUT2D eigenvalue weighted by Crippen LogP contribution is -2.48. The Hall–Kier alpha value is -6.03. The maximum absolute atomic E-state index is 13.6. The van der Waals surface area contributed by atoms with Crippen LogP contribution in [0.3, 0.4) is 0 Å². The third-order valence-electron chi connectivity index (χ3n) is 7.48. The SMILES string of the molecule is O=c1c(N=Nc2ccc(S(=O)(=O)O)c3ccccc23)c/c(=N\Nc2ccc(S(=O)(=O)O)cc2)c(=O)/c1=N\Nc1ccc(S(=O)(=O)O)c2ccccc12. The summed E-state index contributed by atoms with van der Waals surface area (Å²) in [6, 6.07) is 22.5. The summed E-state index contributed by atoms with van der Waals surface area (Å²) >= 11 is 0. The molecular formula is C32H22N6O11S3. The summed E-state index contributed by atoms with van der Waals surface area (Å²) in [5.74, 6) is 0. The lowest BCUT2D eigenvalue weighted by Gasteiger charge is -2.09. The van der Waals surface area contributed by atoms with Crippen LogP contribution in [0.4, 0.5) is 22.7 Å². The fourth-order valence-corrected chi connectivity index (χ4v) is 6.95. The third-order valence-corrected chi connectivity index (χ3v) is 10.2. The molecule has 5 N–H and O–H groups in total. The molecule has 264 valence electrons. The maximum Gasteiger partial charge on any atom is 0.295 e. The number of nitrogens with zero attached hydrogens (tertiary/aromatic N) is 4. The summed E-state index contributed by atoms with van der Waals surface area (Å²) in [7, 11) is -13.7. The van der Waals surface area contributed by atoms with E-state index in [1.807, 2.05) is 0 Å². The van der Waals surface area contributed by atoms with Crippen molar-refractivity contribution >= 4 is 74.6 Å². The molecule has 0 atom stereocenters. The van der Waals surface area contributed by atoms with E-state index in [1.54, 1.807) is 12.1 Å². The first-order chi connectivity index (χ1) is 24.5. The lowest BCUT2D eigenvalue weighted by atomic mass is 10.1. The number of hydrogen-bond donors (Lipinski definition) is 5. The number of rotatable bonds is 9. The van der Waals surface area contributed by atoms with Gasteiger partial charge in [-0.25, -0.2) is 0 Å². The van der Waals surface area contributed by atoms with E-state index in [1.165, 1.54) is 60.7 Å². The van der Waals surface area contributed by atoms with Crippen LogP contribution in [0, 0.1) is 0 Å². The Balaban J connectivity index is 1.50. The number of hydrogen-bond acceptors (Lipinski definition) is 14. The van der Waals surface area contributed by atoms with Gasteiger partial charge >= 0.3 is 0 Å². The predicted octanol–water partition coefficient (Wildman–Crippen LogP) is 3.60. The van der Waals surface area contributed by atoms with Gasteiger partial charge in [0.05, 0.1) is 22.0 Å². The molecule has 0 saturated heterocycles. The fraction of sp³-hybridized carbons (Fsp3) is 0. The second kappa shape index (κ2) is 13.6. The molecule has 0 saturated carbocycles. The van der Waals surface area contributed by atoms with Crippen molar-refractivity contribution in [2.45, 2.75) is 14.7 Å². The average Bonchev–Trinajstić information content (AvgIpc) is 3.09. The molecule has 17 nitrogen and oxygen atoms in total. The van der Waals surface area contributed by atoms with E-state index in [-0.39, 0.29) is 48.4 Å². The molecule has 0 aliphatic rings. The molecule has 6 aromatic carbocycles. The van der Waals surface area contributed by atoms with E-state index in [0.717, 1.165) is 30.3 Å². The quantitative estimate of drug-likeness (QED) is 0.0801. The first-order valence-corrected chi connectivity index (χ1v) is 18.8. The van der Waals surface area contributed by atoms with Crippen LogP contribution >= 0.6 is 0 Å². The highest BCUT2D eigenvalue weighted by atomic mass is 32.2. The number of fused-ring (bicyclic) bond motifs is 2. The van der Waals surface area contributed by atoms with Crippen molar-refractivity contribution in [2.75, 3.05) is 10.9 Å². The first-order valence-electron chi connectivity index (χ1n) is 14.5. The van der Waals surface area contributed by atoms with E-state index < -0.39 is 62.5 Å². The molecule has 0 aliphatic heterocycles. The van der Waals surface area contributed by atoms with E-state index in [2.05, 4.69) is 31.3 Å². The third kappa shape index (κ3) is 7.37. The zero-order valence-corrected chi connectivity index (χ0v) is 28.4. The van der Waals surface area contributed by atoms with Gasteiger partial charge in [-0.2, -0.15) is 35.5 Å². The normalized spacial score (nSPS) is 13.3. The van der Waals surface area contributed by atoms with Crippen LogP contribution in [0.15, 0.2) is 148 Å². The van der Waals surface area contributed by atoms with Crippen molar-refractivity contribution in [3.05, 3.63) is 134 Å². The van der Waals surface area contributed by atoms with Crippen LogP contribution in [0.1, 0.15) is 0 Å². The predicted molar refractivity (Wildman–Crippen MR) is 188 cm³/mol. The number of nitrogens with one attached hydrogen (secondary N) is 2. The van der Waals surface area contributed by atoms with Crippen molar-refractivity contribution in [3.63, 3.8) is 0 Å². The van der Waals surface area contributed by atoms with Gasteiger partial charge in [0.15, 0.2) is 5.36 Å². The van der Waals surface area contributed by atoms with Crippen LogP contribution in [-0.4, -0.2) is 38.9 Å². The standard InChI is InChI=1S/C32H22N6O11S3/c39-31-26(36-33-18-9-11-19(12-10-18)50(41,42)43)17-27(37-34-24-13-15-28(51(44,45)46)22-7-3-1-5-20(22)24)32(40)30(31)38-35-25-14-16-29(52(47,48)49)23-8-4-2-6-21(23)25/h1-17,33,35H,(H,41,42,43)(H,44,45,46)(H,47,48,49)/b36-26+,37-34?,38-30+. The molecule has 0 radical (unpaired) electrons. The average molecular weight is 763 g/mol. The van der Waals surface area contributed by atoms with Crippen LogP contribution in [0.25, 0.3) is 21.5 Å². The number of anilines is 2. The Morgan fingerprint density at radius 3 is 1.63 bits per heavy atom. The fourth-order valence-electron chi connectivity index (χ4n) is 5.08. The van der Waals surface area contributed by atoms with Gasteiger partial charge in [0.2, 0.25) is 10.9 Å². The summed E-state index contributed by atoms with van der Waals surface area (Å²) in [4.78, 5) is 26.0. The Kier molecular flexibility index (Phi) is 9.36. The molecular weight excluding hydrogens is 741 g/mol. The number of benzene rings is 6. The Morgan fingerprint density at radius 2 is 1.04 bits per heavy atom. The summed E-state index contributed by atoms with van der Waals surface area (Å²) in [6.07, 6.45) is 0. The van der Waals surface area contributed by atoms with Gasteiger partial charge in [-0.3, -0.25) is 34.1 Å². The van der Waals surface area contributed by atoms with Gasteiger partial charge in [0.25, 0.3) is 30.4 Å². The van der Waals surface area contributed by atoms with Gasteiger partial charge in [0.1, 0.15) is 20.8 Å². The van der Waals surface area contributed by atoms with E-state index in [0.29, 0.717) is 0 Å². The van der Waals surface area contributed by atoms with Crippen molar-refractivity contribution in [1.29, 1.82) is 0 Å². The van der Waals surface area contributed by atoms with Crippen molar-refractivity contribution in [3.8, 4) is 0 Å². The molecule has 0 amide bonds. The highest BCUT2D eigenvalue weighted by Gasteiger charge is 2.18. The van der Waals surface area contributed by atoms with Crippen molar-refractivity contribution in [2.24, 2.45) is 20.4 Å². The Morgan fingerprint density at radius 1 is 0.500 bits per heavy atom. The molecule has 0 unspecified atom stereocenters. The summed E-state index contributed by atoms with van der Waals surface area (Å²) in [5.41, 5.74) is 3.07. The van der Waals surface area contributed by atoms with E-state index in [4.69, 9.17) is 0 Å². The molecule has 0 spiro atoms. The summed E-state index contributed by atoms with van der Waals surface area (Å²) in [5, 5.41) is 15.8. The molecule has 0 heterocycles. The second-order valence-corrected chi connectivity index (χ2v) is 15.0. The summed E-state index contributed by atoms with van der Waals surface area (Å²) in [6.45, 7) is 0. The zero-order valence-electron chi connectivity index (χ0n) is 25.9. The zero-order chi connectivity index (χ0) is 37.4. The van der Waals surface area contributed by atoms with Crippen LogP contribution in [0.5, 0.6) is 0 Å². The van der Waals surface area contributed by atoms with Crippen molar-refractivity contribution < 1.29 is 38.9 Å². The molecule has 6 aromatic rings. The molecule has 0 aliphatic carbocycles. The second-order valence-electron chi connectivity index (χ2n) is 10.8. The largest absolute Gasteiger partial charge is 0.295 e. The van der Waals surface area contributed by atoms with Crippen LogP contribution < -0.4 is 32.4 Å². The smallest absolute Gasteiger partial charge is 0.285 e. The maximum atomic E-state index is 13.6. The molecule has 52 heavy (non-hydrogen) atoms. The van der Waals surface area contributed by atoms with Crippen molar-refractivity contribution in [1.82, 2.24) is 0 Å². The van der Waals surface area contributed by atoms with E-state index in [9.17, 15) is 48.5 Å². The Bertz CT molecular complexity index is 3040. The first kappa shape index (κ1) is 35.8. The minimum Gasteiger partial charge on any atom is -0.285 e. The molecule has 20 heteroatoms. The molecule has 0 bridgehead atoms. The molecule has 6 rings (SSSR count).